The van der Waals surface area contributed by atoms with Gasteiger partial charge in [0.25, 0.3) is 0 Å². The van der Waals surface area contributed by atoms with Gasteiger partial charge in [-0.05, 0) is 24.6 Å². The number of rotatable bonds is 8. The smallest absolute Gasteiger partial charge is 0.177 e. The molecule has 2 unspecified atom stereocenters. The first-order valence-electron chi connectivity index (χ1n) is 11.0. The molecule has 0 aliphatic carbocycles. The van der Waals surface area contributed by atoms with Gasteiger partial charge in [-0.2, -0.15) is 5.10 Å². The first-order valence-corrected chi connectivity index (χ1v) is 11.9. The zero-order chi connectivity index (χ0) is 24.1. The molecule has 1 aliphatic heterocycles. The van der Waals surface area contributed by atoms with Crippen molar-refractivity contribution < 1.29 is 23.4 Å². The van der Waals surface area contributed by atoms with Gasteiger partial charge in [0.1, 0.15) is 29.9 Å². The van der Waals surface area contributed by atoms with Crippen LogP contribution >= 0.6 is 11.8 Å². The Labute approximate surface area is 201 Å². The Morgan fingerprint density at radius 3 is 2.59 bits per heavy atom. The Balaban J connectivity index is 1.41. The molecule has 0 spiro atoms. The first kappa shape index (κ1) is 24.5. The Morgan fingerprint density at radius 2 is 1.94 bits per heavy atom. The summed E-state index contributed by atoms with van der Waals surface area (Å²) in [6, 6.07) is 11.3. The molecule has 1 fully saturated rings. The minimum absolute atomic E-state index is 0.000883. The molecule has 2 atom stereocenters. The van der Waals surface area contributed by atoms with Gasteiger partial charge in [-0.25, -0.2) is 18.4 Å². The lowest BCUT2D eigenvalue weighted by molar-refractivity contribution is -0.146. The van der Waals surface area contributed by atoms with E-state index < -0.39 is 28.8 Å². The highest BCUT2D eigenvalue weighted by Gasteiger charge is 2.41. The fourth-order valence-corrected chi connectivity index (χ4v) is 5.11. The van der Waals surface area contributed by atoms with E-state index in [1.54, 1.807) is 6.92 Å². The Kier molecular flexibility index (Phi) is 7.77. The third kappa shape index (κ3) is 5.90. The van der Waals surface area contributed by atoms with Crippen LogP contribution in [-0.2, 0) is 21.6 Å². The van der Waals surface area contributed by atoms with E-state index in [0.29, 0.717) is 13.2 Å². The van der Waals surface area contributed by atoms with E-state index in [9.17, 15) is 13.9 Å². The van der Waals surface area contributed by atoms with Crippen LogP contribution in [0.25, 0.3) is 6.08 Å². The number of aryl methyl sites for hydroxylation is 1. The molecule has 2 aromatic carbocycles. The zero-order valence-corrected chi connectivity index (χ0v) is 19.8. The van der Waals surface area contributed by atoms with Crippen molar-refractivity contribution in [1.29, 1.82) is 0 Å². The number of thioether (sulfide) groups is 1. The second kappa shape index (κ2) is 10.8. The summed E-state index contributed by atoms with van der Waals surface area (Å²) in [7, 11) is 0. The topological polar surface area (TPSA) is 69.4 Å². The number of hydrogen-bond donors (Lipinski definition) is 1. The van der Waals surface area contributed by atoms with Crippen molar-refractivity contribution in [2.75, 3.05) is 13.2 Å². The lowest BCUT2D eigenvalue weighted by Gasteiger charge is -2.37. The predicted octanol–water partition coefficient (Wildman–Crippen LogP) is 4.33. The maximum absolute atomic E-state index is 14.7. The fraction of sp³-hybridized carbons (Fsp3) is 0.360. The van der Waals surface area contributed by atoms with Crippen molar-refractivity contribution in [3.8, 4) is 0 Å². The highest BCUT2D eigenvalue weighted by atomic mass is 32.2. The molecule has 4 rings (SSSR count). The monoisotopic (exact) mass is 487 g/mol. The molecule has 0 bridgehead atoms. The van der Waals surface area contributed by atoms with Gasteiger partial charge in [0, 0.05) is 16.9 Å². The molecule has 9 heteroatoms. The molecule has 180 valence electrons. The summed E-state index contributed by atoms with van der Waals surface area (Å²) in [6.45, 7) is 4.61. The van der Waals surface area contributed by atoms with Crippen molar-refractivity contribution in [3.63, 3.8) is 0 Å². The SMILES string of the molecule is Cc1ccc(C=CC2OCC(SC(C)C(O)(Cn3cncn3)c3ccc(F)cc3F)CO2)cc1. The number of aliphatic hydroxyl groups is 1. The molecule has 0 amide bonds. The summed E-state index contributed by atoms with van der Waals surface area (Å²) >= 11 is 1.43. The molecule has 3 aromatic rings. The van der Waals surface area contributed by atoms with Crippen LogP contribution < -0.4 is 0 Å². The number of aromatic nitrogens is 3. The molecule has 1 saturated heterocycles. The number of halogens is 2. The van der Waals surface area contributed by atoms with E-state index in [1.165, 1.54) is 40.7 Å². The lowest BCUT2D eigenvalue weighted by Crippen LogP contribution is -2.43. The molecular formula is C25H27F2N3O3S. The van der Waals surface area contributed by atoms with Crippen LogP contribution in [0.2, 0.25) is 0 Å². The summed E-state index contributed by atoms with van der Waals surface area (Å²) in [6.07, 6.45) is 6.14. The third-order valence-electron chi connectivity index (χ3n) is 5.75. The van der Waals surface area contributed by atoms with Crippen molar-refractivity contribution in [2.24, 2.45) is 0 Å². The fourth-order valence-electron chi connectivity index (χ4n) is 3.79. The summed E-state index contributed by atoms with van der Waals surface area (Å²) in [5.41, 5.74) is 0.585. The predicted molar refractivity (Wildman–Crippen MR) is 127 cm³/mol. The van der Waals surface area contributed by atoms with Crippen LogP contribution in [0.3, 0.4) is 0 Å². The van der Waals surface area contributed by atoms with E-state index >= 15 is 0 Å². The molecule has 2 heterocycles. The summed E-state index contributed by atoms with van der Waals surface area (Å²) in [5.74, 6) is -1.52. The second-order valence-electron chi connectivity index (χ2n) is 8.35. The number of nitrogens with zero attached hydrogens (tertiary/aromatic N) is 3. The minimum Gasteiger partial charge on any atom is -0.382 e. The lowest BCUT2D eigenvalue weighted by atomic mass is 9.90. The molecule has 0 saturated carbocycles. The van der Waals surface area contributed by atoms with Crippen LogP contribution in [0.4, 0.5) is 8.78 Å². The number of benzene rings is 2. The first-order chi connectivity index (χ1) is 16.3. The van der Waals surface area contributed by atoms with E-state index in [-0.39, 0.29) is 17.4 Å². The average molecular weight is 488 g/mol. The van der Waals surface area contributed by atoms with E-state index in [0.717, 1.165) is 17.7 Å². The van der Waals surface area contributed by atoms with Gasteiger partial charge in [-0.3, -0.25) is 0 Å². The Morgan fingerprint density at radius 1 is 1.21 bits per heavy atom. The largest absolute Gasteiger partial charge is 0.382 e. The Bertz CT molecular complexity index is 1100. The molecule has 1 N–H and O–H groups in total. The van der Waals surface area contributed by atoms with Crippen LogP contribution in [0.5, 0.6) is 0 Å². The highest BCUT2D eigenvalue weighted by Crippen LogP contribution is 2.38. The van der Waals surface area contributed by atoms with Crippen molar-refractivity contribution in [3.05, 3.63) is 89.5 Å². The molecule has 1 aliphatic rings. The second-order valence-corrected chi connectivity index (χ2v) is 9.99. The van der Waals surface area contributed by atoms with Gasteiger partial charge in [0.2, 0.25) is 0 Å². The van der Waals surface area contributed by atoms with Gasteiger partial charge >= 0.3 is 0 Å². The van der Waals surface area contributed by atoms with Crippen molar-refractivity contribution >= 4 is 17.8 Å². The van der Waals surface area contributed by atoms with Crippen LogP contribution in [0.1, 0.15) is 23.6 Å². The normalized spacial score (nSPS) is 21.4. The quantitative estimate of drug-likeness (QED) is 0.510. The molecule has 6 nitrogen and oxygen atoms in total. The summed E-state index contributed by atoms with van der Waals surface area (Å²) < 4.78 is 41.3. The maximum atomic E-state index is 14.7. The molecule has 1 aromatic heterocycles. The Hall–Kier alpha value is -2.59. The summed E-state index contributed by atoms with van der Waals surface area (Å²) in [4.78, 5) is 3.90. The van der Waals surface area contributed by atoms with Gasteiger partial charge in [-0.1, -0.05) is 48.9 Å². The third-order valence-corrected chi connectivity index (χ3v) is 7.21. The van der Waals surface area contributed by atoms with Crippen LogP contribution in [0.15, 0.2) is 61.2 Å². The van der Waals surface area contributed by atoms with Gasteiger partial charge < -0.3 is 14.6 Å². The van der Waals surface area contributed by atoms with E-state index in [2.05, 4.69) is 10.1 Å². The zero-order valence-electron chi connectivity index (χ0n) is 19.0. The van der Waals surface area contributed by atoms with Crippen molar-refractivity contribution in [2.45, 2.75) is 42.8 Å². The maximum Gasteiger partial charge on any atom is 0.177 e. The van der Waals surface area contributed by atoms with Gasteiger partial charge in [0.15, 0.2) is 6.29 Å². The standard InChI is InChI=1S/C25H27F2N3O3S/c1-17-3-5-19(6-4-17)7-10-24-32-12-21(13-33-24)34-18(2)25(31,14-30-16-28-15-29-30)22-9-8-20(26)11-23(22)27/h3-11,15-16,18,21,24,31H,12-14H2,1-2H3. The van der Waals surface area contributed by atoms with E-state index in [4.69, 9.17) is 9.47 Å². The summed E-state index contributed by atoms with van der Waals surface area (Å²) in [5, 5.41) is 15.1. The van der Waals surface area contributed by atoms with Gasteiger partial charge in [0.05, 0.1) is 25.0 Å². The highest BCUT2D eigenvalue weighted by molar-refractivity contribution is 8.00. The molecular weight excluding hydrogens is 460 g/mol. The minimum atomic E-state index is -1.67. The molecule has 0 radical (unpaired) electrons. The van der Waals surface area contributed by atoms with Crippen molar-refractivity contribution in [1.82, 2.24) is 14.8 Å². The molecule has 34 heavy (non-hydrogen) atoms. The average Bonchev–Trinajstić information content (AvgIpc) is 3.32. The number of hydrogen-bond acceptors (Lipinski definition) is 6. The van der Waals surface area contributed by atoms with Crippen LogP contribution in [0, 0.1) is 18.6 Å². The number of ether oxygens (including phenoxy) is 2. The van der Waals surface area contributed by atoms with Gasteiger partial charge in [-0.15, -0.1) is 11.8 Å². The van der Waals surface area contributed by atoms with Crippen LogP contribution in [-0.4, -0.2) is 49.9 Å². The van der Waals surface area contributed by atoms with E-state index in [1.807, 2.05) is 43.3 Å².